The normalized spacial score (nSPS) is 21.1. The van der Waals surface area contributed by atoms with Crippen molar-refractivity contribution < 1.29 is 4.74 Å². The number of aryl methyl sites for hydroxylation is 1. The first-order chi connectivity index (χ1) is 8.66. The van der Waals surface area contributed by atoms with E-state index in [1.165, 1.54) is 0 Å². The van der Waals surface area contributed by atoms with Gasteiger partial charge in [-0.3, -0.25) is 9.36 Å². The van der Waals surface area contributed by atoms with Crippen LogP contribution in [0.4, 0.5) is 0 Å². The lowest BCUT2D eigenvalue weighted by molar-refractivity contribution is 0.0835. The highest BCUT2D eigenvalue weighted by Gasteiger charge is 2.21. The molecule has 2 atom stereocenters. The summed E-state index contributed by atoms with van der Waals surface area (Å²) in [7, 11) is 0. The van der Waals surface area contributed by atoms with E-state index >= 15 is 0 Å². The zero-order valence-electron chi connectivity index (χ0n) is 11.1. The fraction of sp³-hybridized carbons (Fsp3) is 0.692. The summed E-state index contributed by atoms with van der Waals surface area (Å²) >= 11 is 0. The first-order valence-corrected chi connectivity index (χ1v) is 6.55. The molecular formula is C13H21N3O2. The van der Waals surface area contributed by atoms with Crippen molar-refractivity contribution >= 4 is 0 Å². The maximum atomic E-state index is 11.6. The summed E-state index contributed by atoms with van der Waals surface area (Å²) in [5.41, 5.74) is 0.769. The van der Waals surface area contributed by atoms with Crippen LogP contribution in [0.15, 0.2) is 17.2 Å². The summed E-state index contributed by atoms with van der Waals surface area (Å²) < 4.78 is 7.24. The van der Waals surface area contributed by atoms with Gasteiger partial charge >= 0.3 is 0 Å². The quantitative estimate of drug-likeness (QED) is 0.837. The molecule has 2 heterocycles. The molecule has 1 N–H and O–H groups in total. The minimum absolute atomic E-state index is 0.00840. The van der Waals surface area contributed by atoms with Gasteiger partial charge in [-0.2, -0.15) is 0 Å². The molecule has 0 spiro atoms. The van der Waals surface area contributed by atoms with Crippen molar-refractivity contribution in [2.24, 2.45) is 0 Å². The zero-order chi connectivity index (χ0) is 13.0. The molecule has 0 saturated carbocycles. The number of hydrogen-bond donors (Lipinski definition) is 1. The molecule has 2 unspecified atom stereocenters. The lowest BCUT2D eigenvalue weighted by atomic mass is 10.1. The van der Waals surface area contributed by atoms with Crippen molar-refractivity contribution in [1.29, 1.82) is 0 Å². The maximum absolute atomic E-state index is 11.6. The van der Waals surface area contributed by atoms with Crippen LogP contribution in [-0.4, -0.2) is 34.8 Å². The summed E-state index contributed by atoms with van der Waals surface area (Å²) in [5, 5.41) is 3.40. The van der Waals surface area contributed by atoms with Crippen molar-refractivity contribution in [3.63, 3.8) is 0 Å². The summed E-state index contributed by atoms with van der Waals surface area (Å²) in [6, 6.07) is 1.89. The smallest absolute Gasteiger partial charge is 0.253 e. The highest BCUT2D eigenvalue weighted by molar-refractivity contribution is 4.96. The van der Waals surface area contributed by atoms with Crippen LogP contribution in [0, 0.1) is 6.92 Å². The predicted molar refractivity (Wildman–Crippen MR) is 69.7 cm³/mol. The molecule has 5 nitrogen and oxygen atoms in total. The number of ether oxygens (including phenoxy) is 1. The molecule has 0 amide bonds. The van der Waals surface area contributed by atoms with Crippen LogP contribution in [-0.2, 0) is 11.3 Å². The largest absolute Gasteiger partial charge is 0.377 e. The first-order valence-electron chi connectivity index (χ1n) is 6.55. The van der Waals surface area contributed by atoms with Crippen molar-refractivity contribution in [3.05, 3.63) is 28.4 Å². The van der Waals surface area contributed by atoms with E-state index in [2.05, 4.69) is 17.2 Å². The molecule has 5 heteroatoms. The number of aromatic nitrogens is 2. The van der Waals surface area contributed by atoms with Gasteiger partial charge in [-0.05, 0) is 26.7 Å². The van der Waals surface area contributed by atoms with Crippen LogP contribution < -0.4 is 10.9 Å². The first kappa shape index (κ1) is 13.2. The number of nitrogens with zero attached hydrogens (tertiary/aromatic N) is 2. The molecule has 1 aliphatic rings. The van der Waals surface area contributed by atoms with Gasteiger partial charge in [-0.15, -0.1) is 0 Å². The second-order valence-electron chi connectivity index (χ2n) is 4.86. The van der Waals surface area contributed by atoms with Crippen molar-refractivity contribution in [1.82, 2.24) is 14.9 Å². The molecule has 1 saturated heterocycles. The van der Waals surface area contributed by atoms with Gasteiger partial charge in [0.05, 0.1) is 12.4 Å². The minimum atomic E-state index is 0.00840. The van der Waals surface area contributed by atoms with Gasteiger partial charge in [0.1, 0.15) is 0 Å². The minimum Gasteiger partial charge on any atom is -0.377 e. The van der Waals surface area contributed by atoms with Gasteiger partial charge < -0.3 is 10.1 Å². The molecule has 0 aliphatic carbocycles. The summed E-state index contributed by atoms with van der Waals surface area (Å²) in [6.07, 6.45) is 4.20. The Bertz CT molecular complexity index is 438. The predicted octanol–water partition coefficient (Wildman–Crippen LogP) is 0.709. The molecule has 2 rings (SSSR count). The van der Waals surface area contributed by atoms with E-state index in [1.54, 1.807) is 17.0 Å². The average molecular weight is 251 g/mol. The molecule has 1 aliphatic heterocycles. The Hall–Kier alpha value is -1.20. The van der Waals surface area contributed by atoms with Crippen molar-refractivity contribution in [2.45, 2.75) is 45.4 Å². The van der Waals surface area contributed by atoms with Gasteiger partial charge in [0.25, 0.3) is 5.56 Å². The Morgan fingerprint density at radius 2 is 2.50 bits per heavy atom. The maximum Gasteiger partial charge on any atom is 0.253 e. The van der Waals surface area contributed by atoms with Crippen LogP contribution in [0.3, 0.4) is 0 Å². The molecular weight excluding hydrogens is 230 g/mol. The van der Waals surface area contributed by atoms with Crippen LogP contribution in [0.1, 0.15) is 25.5 Å². The highest BCUT2D eigenvalue weighted by Crippen LogP contribution is 2.14. The second kappa shape index (κ2) is 6.11. The van der Waals surface area contributed by atoms with E-state index in [4.69, 9.17) is 4.74 Å². The Morgan fingerprint density at radius 1 is 1.67 bits per heavy atom. The highest BCUT2D eigenvalue weighted by atomic mass is 16.5. The summed E-state index contributed by atoms with van der Waals surface area (Å²) in [5.74, 6) is 0. The Kier molecular flexibility index (Phi) is 4.49. The molecule has 0 aromatic carbocycles. The SMILES string of the molecule is Cc1cc(=O)n(CCNC(C)C2CCCO2)cn1. The Morgan fingerprint density at radius 3 is 3.17 bits per heavy atom. The third-order valence-electron chi connectivity index (χ3n) is 3.36. The summed E-state index contributed by atoms with van der Waals surface area (Å²) in [6.45, 7) is 6.22. The topological polar surface area (TPSA) is 56.2 Å². The number of hydrogen-bond acceptors (Lipinski definition) is 4. The standard InChI is InChI=1S/C13H21N3O2/c1-10-8-13(17)16(9-15-10)6-5-14-11(2)12-4-3-7-18-12/h8-9,11-12,14H,3-7H2,1-2H3. The molecule has 18 heavy (non-hydrogen) atoms. The summed E-state index contributed by atoms with van der Waals surface area (Å²) in [4.78, 5) is 15.8. The van der Waals surface area contributed by atoms with Crippen LogP contribution in [0.2, 0.25) is 0 Å². The molecule has 100 valence electrons. The van der Waals surface area contributed by atoms with Crippen molar-refractivity contribution in [3.8, 4) is 0 Å². The molecule has 1 aromatic heterocycles. The third-order valence-corrected chi connectivity index (χ3v) is 3.36. The monoisotopic (exact) mass is 251 g/mol. The molecule has 0 radical (unpaired) electrons. The fourth-order valence-corrected chi connectivity index (χ4v) is 2.23. The van der Waals surface area contributed by atoms with Crippen molar-refractivity contribution in [2.75, 3.05) is 13.2 Å². The van der Waals surface area contributed by atoms with Crippen LogP contribution >= 0.6 is 0 Å². The number of rotatable bonds is 5. The lowest BCUT2D eigenvalue weighted by Gasteiger charge is -2.20. The molecule has 1 fully saturated rings. The second-order valence-corrected chi connectivity index (χ2v) is 4.86. The van der Waals surface area contributed by atoms with E-state index in [9.17, 15) is 4.79 Å². The zero-order valence-corrected chi connectivity index (χ0v) is 11.1. The van der Waals surface area contributed by atoms with E-state index in [-0.39, 0.29) is 5.56 Å². The van der Waals surface area contributed by atoms with E-state index in [0.717, 1.165) is 31.7 Å². The van der Waals surface area contributed by atoms with E-state index in [0.29, 0.717) is 18.7 Å². The van der Waals surface area contributed by atoms with Gasteiger partial charge in [-0.25, -0.2) is 4.98 Å². The Labute approximate surface area is 107 Å². The van der Waals surface area contributed by atoms with Crippen LogP contribution in [0.5, 0.6) is 0 Å². The Balaban J connectivity index is 1.79. The lowest BCUT2D eigenvalue weighted by Crippen LogP contribution is -2.39. The fourth-order valence-electron chi connectivity index (χ4n) is 2.23. The van der Waals surface area contributed by atoms with Gasteiger partial charge in [-0.1, -0.05) is 0 Å². The van der Waals surface area contributed by atoms with Gasteiger partial charge in [0, 0.05) is 37.5 Å². The van der Waals surface area contributed by atoms with Gasteiger partial charge in [0.2, 0.25) is 0 Å². The third kappa shape index (κ3) is 3.40. The van der Waals surface area contributed by atoms with Gasteiger partial charge in [0.15, 0.2) is 0 Å². The van der Waals surface area contributed by atoms with E-state index in [1.807, 2.05) is 6.92 Å². The average Bonchev–Trinajstić information content (AvgIpc) is 2.85. The molecule has 1 aromatic rings. The van der Waals surface area contributed by atoms with E-state index < -0.39 is 0 Å². The number of nitrogens with one attached hydrogen (secondary N) is 1. The molecule has 0 bridgehead atoms. The van der Waals surface area contributed by atoms with Crippen LogP contribution in [0.25, 0.3) is 0 Å².